The van der Waals surface area contributed by atoms with Gasteiger partial charge in [0, 0.05) is 17.8 Å². The third-order valence-corrected chi connectivity index (χ3v) is 6.03. The molecule has 1 aliphatic heterocycles. The predicted octanol–water partition coefficient (Wildman–Crippen LogP) is 5.25. The highest BCUT2D eigenvalue weighted by atomic mass is 16.1. The van der Waals surface area contributed by atoms with Crippen LogP contribution in [-0.2, 0) is 12.8 Å². The van der Waals surface area contributed by atoms with Crippen molar-refractivity contribution in [2.45, 2.75) is 79.1 Å². The predicted molar refractivity (Wildman–Crippen MR) is 125 cm³/mol. The number of carbonyl (C=O) groups excluding carboxylic acids is 1. The molecule has 0 unspecified atom stereocenters. The van der Waals surface area contributed by atoms with Crippen molar-refractivity contribution in [2.24, 2.45) is 17.6 Å². The van der Waals surface area contributed by atoms with Crippen molar-refractivity contribution in [1.82, 2.24) is 4.90 Å². The van der Waals surface area contributed by atoms with Crippen molar-refractivity contribution >= 4 is 11.6 Å². The average molecular weight is 402 g/mol. The first-order valence-corrected chi connectivity index (χ1v) is 11.8. The Bertz CT molecular complexity index is 633. The van der Waals surface area contributed by atoms with Crippen molar-refractivity contribution in [3.05, 3.63) is 28.8 Å². The van der Waals surface area contributed by atoms with Gasteiger partial charge in [0.05, 0.1) is 0 Å². The Labute approximate surface area is 178 Å². The summed E-state index contributed by atoms with van der Waals surface area (Å²) in [5, 5.41) is 3.73. The van der Waals surface area contributed by atoms with Crippen molar-refractivity contribution < 1.29 is 4.79 Å². The first kappa shape index (κ1) is 23.7. The Hall–Kier alpha value is -1.55. The molecule has 1 aromatic rings. The molecule has 4 nitrogen and oxygen atoms in total. The molecular weight excluding hydrogens is 358 g/mol. The van der Waals surface area contributed by atoms with Crippen LogP contribution in [0.15, 0.2) is 12.1 Å². The van der Waals surface area contributed by atoms with E-state index >= 15 is 0 Å². The summed E-state index contributed by atoms with van der Waals surface area (Å²) >= 11 is 0. The third kappa shape index (κ3) is 8.00. The van der Waals surface area contributed by atoms with E-state index in [-0.39, 0.29) is 5.91 Å². The molecular formula is C25H43N3O. The zero-order valence-electron chi connectivity index (χ0n) is 19.2. The number of primary amides is 1. The first-order chi connectivity index (χ1) is 13.9. The van der Waals surface area contributed by atoms with Crippen LogP contribution in [0, 0.1) is 11.8 Å². The number of rotatable bonds is 12. The van der Waals surface area contributed by atoms with Gasteiger partial charge >= 0.3 is 0 Å². The van der Waals surface area contributed by atoms with Crippen LogP contribution in [0.2, 0.25) is 0 Å². The van der Waals surface area contributed by atoms with E-state index in [1.807, 2.05) is 6.07 Å². The molecule has 0 spiro atoms. The molecule has 1 saturated heterocycles. The van der Waals surface area contributed by atoms with Crippen LogP contribution in [0.5, 0.6) is 0 Å². The maximum absolute atomic E-state index is 12.1. The van der Waals surface area contributed by atoms with Crippen molar-refractivity contribution in [2.75, 3.05) is 31.5 Å². The van der Waals surface area contributed by atoms with Gasteiger partial charge in [0.15, 0.2) is 0 Å². The molecule has 4 heteroatoms. The van der Waals surface area contributed by atoms with E-state index in [2.05, 4.69) is 44.0 Å². The van der Waals surface area contributed by atoms with Crippen molar-refractivity contribution in [1.29, 1.82) is 0 Å². The lowest BCUT2D eigenvalue weighted by Gasteiger charge is -2.26. The smallest absolute Gasteiger partial charge is 0.249 e. The quantitative estimate of drug-likeness (QED) is 0.470. The Balaban J connectivity index is 2.15. The summed E-state index contributed by atoms with van der Waals surface area (Å²) in [6, 6.07) is 4.07. The zero-order chi connectivity index (χ0) is 21.2. The van der Waals surface area contributed by atoms with Crippen LogP contribution >= 0.6 is 0 Å². The zero-order valence-corrected chi connectivity index (χ0v) is 19.2. The summed E-state index contributed by atoms with van der Waals surface area (Å²) in [5.41, 5.74) is 10.1. The fourth-order valence-electron chi connectivity index (χ4n) is 4.19. The van der Waals surface area contributed by atoms with E-state index in [4.69, 9.17) is 5.73 Å². The van der Waals surface area contributed by atoms with E-state index < -0.39 is 0 Å². The molecule has 1 fully saturated rings. The summed E-state index contributed by atoms with van der Waals surface area (Å²) in [6.07, 6.45) is 9.36. The van der Waals surface area contributed by atoms with Gasteiger partial charge in [-0.15, -0.1) is 0 Å². The second-order valence-electron chi connectivity index (χ2n) is 9.54. The number of aryl methyl sites for hydroxylation is 1. The van der Waals surface area contributed by atoms with E-state index in [1.54, 1.807) is 0 Å². The lowest BCUT2D eigenvalue weighted by atomic mass is 9.91. The maximum atomic E-state index is 12.1. The SMILES string of the molecule is CC(C)CCc1ccc(C(N)=O)c(CCC(C)C)c1NCCCN1CCCCC1. The number of nitrogens with zero attached hydrogens (tertiary/aromatic N) is 1. The highest BCUT2D eigenvalue weighted by molar-refractivity contribution is 5.96. The first-order valence-electron chi connectivity index (χ1n) is 11.8. The lowest BCUT2D eigenvalue weighted by molar-refractivity contribution is 0.0999. The fraction of sp³-hybridized carbons (Fsp3) is 0.720. The summed E-state index contributed by atoms with van der Waals surface area (Å²) < 4.78 is 0. The number of nitrogens with one attached hydrogen (secondary N) is 1. The number of hydrogen-bond acceptors (Lipinski definition) is 3. The molecule has 0 aromatic heterocycles. The molecule has 2 rings (SSSR count). The van der Waals surface area contributed by atoms with Crippen LogP contribution in [0.1, 0.15) is 87.7 Å². The molecule has 1 aliphatic rings. The Morgan fingerprint density at radius 1 is 1.03 bits per heavy atom. The van der Waals surface area contributed by atoms with Gasteiger partial charge in [-0.05, 0) is 93.6 Å². The number of benzene rings is 1. The minimum atomic E-state index is -0.310. The second kappa shape index (κ2) is 12.2. The Morgan fingerprint density at radius 2 is 1.69 bits per heavy atom. The van der Waals surface area contributed by atoms with Crippen LogP contribution in [0.25, 0.3) is 0 Å². The van der Waals surface area contributed by atoms with E-state index in [9.17, 15) is 4.79 Å². The van der Waals surface area contributed by atoms with Gasteiger partial charge in [-0.2, -0.15) is 0 Å². The van der Waals surface area contributed by atoms with Gasteiger partial charge in [0.25, 0.3) is 0 Å². The van der Waals surface area contributed by atoms with Gasteiger partial charge in [-0.3, -0.25) is 4.79 Å². The molecule has 0 radical (unpaired) electrons. The molecule has 1 aromatic carbocycles. The molecule has 164 valence electrons. The van der Waals surface area contributed by atoms with Crippen molar-refractivity contribution in [3.63, 3.8) is 0 Å². The second-order valence-corrected chi connectivity index (χ2v) is 9.54. The molecule has 1 heterocycles. The van der Waals surface area contributed by atoms with Gasteiger partial charge in [-0.1, -0.05) is 40.2 Å². The highest BCUT2D eigenvalue weighted by Crippen LogP contribution is 2.29. The minimum Gasteiger partial charge on any atom is -0.385 e. The van der Waals surface area contributed by atoms with Crippen LogP contribution < -0.4 is 11.1 Å². The Morgan fingerprint density at radius 3 is 2.31 bits per heavy atom. The highest BCUT2D eigenvalue weighted by Gasteiger charge is 2.17. The maximum Gasteiger partial charge on any atom is 0.249 e. The summed E-state index contributed by atoms with van der Waals surface area (Å²) in [5.74, 6) is 0.953. The molecule has 0 saturated carbocycles. The topological polar surface area (TPSA) is 58.4 Å². The standard InChI is InChI=1S/C25H43N3O/c1-19(2)9-11-21-12-14-23(25(26)29)22(13-10-20(3)4)24(21)27-15-8-18-28-16-6-5-7-17-28/h12,14,19-20,27H,5-11,13,15-18H2,1-4H3,(H2,26,29). The van der Waals surface area contributed by atoms with Gasteiger partial charge < -0.3 is 16.0 Å². The lowest BCUT2D eigenvalue weighted by Crippen LogP contribution is -2.31. The van der Waals surface area contributed by atoms with Gasteiger partial charge in [0.1, 0.15) is 0 Å². The summed E-state index contributed by atoms with van der Waals surface area (Å²) in [4.78, 5) is 14.7. The molecule has 3 N–H and O–H groups in total. The minimum absolute atomic E-state index is 0.310. The van der Waals surface area contributed by atoms with Crippen LogP contribution in [0.4, 0.5) is 5.69 Å². The average Bonchev–Trinajstić information content (AvgIpc) is 2.68. The molecule has 1 amide bonds. The van der Waals surface area contributed by atoms with E-state index in [1.165, 1.54) is 43.6 Å². The largest absolute Gasteiger partial charge is 0.385 e. The number of hydrogen-bond donors (Lipinski definition) is 2. The number of anilines is 1. The molecule has 0 aliphatic carbocycles. The molecule has 29 heavy (non-hydrogen) atoms. The molecule has 0 bridgehead atoms. The van der Waals surface area contributed by atoms with Gasteiger partial charge in [-0.25, -0.2) is 0 Å². The monoisotopic (exact) mass is 401 g/mol. The number of likely N-dealkylation sites (tertiary alicyclic amines) is 1. The molecule has 0 atom stereocenters. The number of nitrogens with two attached hydrogens (primary N) is 1. The summed E-state index contributed by atoms with van der Waals surface area (Å²) in [6.45, 7) is 13.6. The number of amides is 1. The third-order valence-electron chi connectivity index (χ3n) is 6.03. The van der Waals surface area contributed by atoms with Crippen LogP contribution in [0.3, 0.4) is 0 Å². The summed E-state index contributed by atoms with van der Waals surface area (Å²) in [7, 11) is 0. The van der Waals surface area contributed by atoms with Gasteiger partial charge in [0.2, 0.25) is 5.91 Å². The van der Waals surface area contributed by atoms with E-state index in [0.29, 0.717) is 17.4 Å². The number of carbonyl (C=O) groups is 1. The fourth-order valence-corrected chi connectivity index (χ4v) is 4.19. The van der Waals surface area contributed by atoms with Crippen LogP contribution in [-0.4, -0.2) is 37.0 Å². The number of piperidine rings is 1. The normalized spacial score (nSPS) is 15.2. The van der Waals surface area contributed by atoms with E-state index in [0.717, 1.165) is 50.8 Å². The van der Waals surface area contributed by atoms with Crippen molar-refractivity contribution in [3.8, 4) is 0 Å². The Kier molecular flexibility index (Phi) is 9.99.